The van der Waals surface area contributed by atoms with Gasteiger partial charge in [0.05, 0.1) is 25.2 Å². The van der Waals surface area contributed by atoms with Crippen molar-refractivity contribution in [1.82, 2.24) is 5.32 Å². The molecule has 0 saturated heterocycles. The lowest BCUT2D eigenvalue weighted by Gasteiger charge is -2.24. The Hall–Kier alpha value is -5.85. The number of alkyl carbamates (subject to hydrolysis) is 1. The zero-order valence-electron chi connectivity index (χ0n) is 41.3. The van der Waals surface area contributed by atoms with Crippen molar-refractivity contribution in [3.05, 3.63) is 119 Å². The van der Waals surface area contributed by atoms with Gasteiger partial charge in [0.2, 0.25) is 5.91 Å². The van der Waals surface area contributed by atoms with Crippen LogP contribution in [-0.2, 0) is 37.1 Å². The fourth-order valence-electron chi connectivity index (χ4n) is 8.04. The van der Waals surface area contributed by atoms with Crippen molar-refractivity contribution in [1.29, 1.82) is 0 Å². The first-order valence-electron chi connectivity index (χ1n) is 24.4. The van der Waals surface area contributed by atoms with E-state index in [-0.39, 0.29) is 73.8 Å². The number of nitrogens with two attached hydrogens (primary N) is 1. The molecule has 4 aromatic carbocycles. The first-order chi connectivity index (χ1) is 32.5. The molecule has 7 N–H and O–H groups in total. The lowest BCUT2D eigenvalue weighted by molar-refractivity contribution is -0.144. The molecule has 2 amide bonds. The number of rotatable bonds is 24. The van der Waals surface area contributed by atoms with E-state index in [2.05, 4.69) is 48.7 Å². The zero-order valence-corrected chi connectivity index (χ0v) is 41.3. The van der Waals surface area contributed by atoms with Gasteiger partial charge in [-0.1, -0.05) is 160 Å². The molecule has 0 aliphatic heterocycles. The van der Waals surface area contributed by atoms with E-state index in [1.807, 2.05) is 58.9 Å². The van der Waals surface area contributed by atoms with Gasteiger partial charge in [0.15, 0.2) is 5.78 Å². The fraction of sp³-hybridized carbons (Fsp3) is 0.482. The number of aliphatic hydroxyl groups excluding tert-OH is 2. The average molecular weight is 936 g/mol. The quantitative estimate of drug-likeness (QED) is 0.0290. The number of fused-ring (bicyclic) bond motifs is 3. The molecule has 0 heterocycles. The van der Waals surface area contributed by atoms with Crippen LogP contribution in [-0.4, -0.2) is 57.5 Å². The number of amides is 2. The van der Waals surface area contributed by atoms with E-state index in [4.69, 9.17) is 20.7 Å². The zero-order chi connectivity index (χ0) is 50.2. The van der Waals surface area contributed by atoms with Gasteiger partial charge in [0.1, 0.15) is 12.4 Å². The van der Waals surface area contributed by atoms with Gasteiger partial charge in [0, 0.05) is 42.0 Å². The highest BCUT2D eigenvalue weighted by atomic mass is 16.5. The summed E-state index contributed by atoms with van der Waals surface area (Å²) in [5, 5.41) is 32.7. The van der Waals surface area contributed by atoms with Crippen LogP contribution in [0.3, 0.4) is 0 Å². The summed E-state index contributed by atoms with van der Waals surface area (Å²) in [7, 11) is 0. The third-order valence-electron chi connectivity index (χ3n) is 12.6. The highest BCUT2D eigenvalue weighted by molar-refractivity contribution is 5.97. The molecule has 4 atom stereocenters. The predicted octanol–water partition coefficient (Wildman–Crippen LogP) is 11.1. The smallest absolute Gasteiger partial charge is 0.407 e. The van der Waals surface area contributed by atoms with Crippen molar-refractivity contribution in [3.8, 4) is 11.1 Å². The Morgan fingerprint density at radius 3 is 1.59 bits per heavy atom. The van der Waals surface area contributed by atoms with E-state index in [0.29, 0.717) is 18.5 Å². The molecule has 5 rings (SSSR count). The van der Waals surface area contributed by atoms with Crippen molar-refractivity contribution < 1.29 is 44.0 Å². The maximum atomic E-state index is 13.5. The number of carboxylic acids is 1. The van der Waals surface area contributed by atoms with Gasteiger partial charge in [-0.3, -0.25) is 19.2 Å². The van der Waals surface area contributed by atoms with Gasteiger partial charge < -0.3 is 36.4 Å². The number of ketones is 2. The summed E-state index contributed by atoms with van der Waals surface area (Å²) in [5.41, 5.74) is 12.9. The van der Waals surface area contributed by atoms with Crippen LogP contribution in [0.2, 0.25) is 0 Å². The Morgan fingerprint density at radius 1 is 0.632 bits per heavy atom. The van der Waals surface area contributed by atoms with E-state index in [0.717, 1.165) is 77.6 Å². The monoisotopic (exact) mass is 936 g/mol. The maximum absolute atomic E-state index is 13.5. The molecule has 0 spiro atoms. The molecular weight excluding hydrogens is 859 g/mol. The van der Waals surface area contributed by atoms with Crippen molar-refractivity contribution in [3.63, 3.8) is 0 Å². The van der Waals surface area contributed by atoms with Crippen LogP contribution < -0.4 is 16.4 Å². The summed E-state index contributed by atoms with van der Waals surface area (Å²) in [6, 6.07) is 29.6. The molecule has 0 aromatic heterocycles. The summed E-state index contributed by atoms with van der Waals surface area (Å²) in [5.74, 6) is -2.17. The SMILES string of the molecule is CCCCC[C@H](CC(=O)[C@@H](C)C(C)C)C(=O)O.CCCCC[C@H](CC(=O)[C@@H](NC(=O)OCC1c2ccccc2-c2ccccc21)C(C)C)C(=O)Nc1ccc(CO)cc1.Nc1ccc(CO)cc1. The van der Waals surface area contributed by atoms with Crippen LogP contribution in [0.15, 0.2) is 97.1 Å². The second kappa shape index (κ2) is 29.8. The number of carbonyl (C=O) groups excluding carboxylic acids is 4. The third kappa shape index (κ3) is 18.3. The summed E-state index contributed by atoms with van der Waals surface area (Å²) in [6.07, 6.45) is 6.59. The van der Waals surface area contributed by atoms with E-state index in [1.54, 1.807) is 48.5 Å². The Bertz CT molecular complexity index is 2130. The summed E-state index contributed by atoms with van der Waals surface area (Å²) < 4.78 is 5.70. The number of unbranched alkanes of at least 4 members (excludes halogenated alkanes) is 4. The van der Waals surface area contributed by atoms with Crippen LogP contribution in [0.1, 0.15) is 141 Å². The maximum Gasteiger partial charge on any atom is 0.407 e. The largest absolute Gasteiger partial charge is 0.481 e. The van der Waals surface area contributed by atoms with E-state index in [1.165, 1.54) is 0 Å². The van der Waals surface area contributed by atoms with Crippen molar-refractivity contribution in [2.24, 2.45) is 29.6 Å². The van der Waals surface area contributed by atoms with Gasteiger partial charge in [0.25, 0.3) is 0 Å². The number of carboxylic acid groups (broad SMARTS) is 1. The molecular formula is C56H77N3O9. The topological polar surface area (TPSA) is 205 Å². The third-order valence-corrected chi connectivity index (χ3v) is 12.6. The van der Waals surface area contributed by atoms with E-state index in [9.17, 15) is 29.1 Å². The van der Waals surface area contributed by atoms with Crippen LogP contribution in [0.4, 0.5) is 16.2 Å². The lowest BCUT2D eigenvalue weighted by atomic mass is 9.86. The minimum Gasteiger partial charge on any atom is -0.481 e. The first kappa shape index (κ1) is 56.5. The van der Waals surface area contributed by atoms with Gasteiger partial charge >= 0.3 is 12.1 Å². The number of carbonyl (C=O) groups is 5. The lowest BCUT2D eigenvalue weighted by Crippen LogP contribution is -2.46. The first-order valence-corrected chi connectivity index (χ1v) is 24.4. The molecule has 0 fully saturated rings. The van der Waals surface area contributed by atoms with Crippen molar-refractivity contribution in [2.75, 3.05) is 17.7 Å². The predicted molar refractivity (Wildman–Crippen MR) is 271 cm³/mol. The number of hydrogen-bond donors (Lipinski definition) is 6. The second-order valence-corrected chi connectivity index (χ2v) is 18.5. The summed E-state index contributed by atoms with van der Waals surface area (Å²) in [4.78, 5) is 62.7. The molecule has 0 saturated carbocycles. The molecule has 4 aromatic rings. The van der Waals surface area contributed by atoms with Crippen LogP contribution >= 0.6 is 0 Å². The summed E-state index contributed by atoms with van der Waals surface area (Å²) >= 11 is 0. The average Bonchev–Trinajstić information content (AvgIpc) is 3.65. The number of benzene rings is 4. The number of nitrogens with one attached hydrogen (secondary N) is 2. The normalized spacial score (nSPS) is 13.3. The molecule has 12 heteroatoms. The minimum atomic E-state index is -0.828. The number of aliphatic hydroxyl groups is 2. The Morgan fingerprint density at radius 2 is 1.12 bits per heavy atom. The second-order valence-electron chi connectivity index (χ2n) is 18.5. The van der Waals surface area contributed by atoms with Crippen LogP contribution in [0.25, 0.3) is 11.1 Å². The molecule has 1 aliphatic rings. The molecule has 1 aliphatic carbocycles. The van der Waals surface area contributed by atoms with Gasteiger partial charge in [-0.15, -0.1) is 0 Å². The number of ether oxygens (including phenoxy) is 1. The molecule has 68 heavy (non-hydrogen) atoms. The van der Waals surface area contributed by atoms with Crippen LogP contribution in [0.5, 0.6) is 0 Å². The van der Waals surface area contributed by atoms with Gasteiger partial charge in [-0.25, -0.2) is 4.79 Å². The fourth-order valence-corrected chi connectivity index (χ4v) is 8.04. The minimum absolute atomic E-state index is 0.0246. The molecule has 12 nitrogen and oxygen atoms in total. The molecule has 0 bridgehead atoms. The van der Waals surface area contributed by atoms with Gasteiger partial charge in [-0.2, -0.15) is 0 Å². The highest BCUT2D eigenvalue weighted by Gasteiger charge is 2.32. The highest BCUT2D eigenvalue weighted by Crippen LogP contribution is 2.44. The molecule has 0 unspecified atom stereocenters. The molecule has 370 valence electrons. The number of aliphatic carboxylic acids is 1. The Balaban J connectivity index is 0.000000384. The standard InChI is InChI=1S/C35H42N2O5.C14H26O3.C7H9NO/c1-4-5-6-11-25(34(40)36-26-18-16-24(21-38)17-19-26)20-32(39)33(23(2)3)37-35(41)42-22-31-29-14-9-7-12-27(29)28-13-8-10-15-30(28)31;1-5-6-7-8-12(14(16)17)9-13(15)11(4)10(2)3;8-7-3-1-6(5-9)2-4-7/h7-10,12-19,23,25,31,33,38H,4-6,11,20-22H2,1-3H3,(H,36,40)(H,37,41);10-12H,5-9H2,1-4H3,(H,16,17);1-4,9H,5,8H2/t25-,33+;11-,12+;/m10./s1. The van der Waals surface area contributed by atoms with E-state index >= 15 is 0 Å². The molecule has 0 radical (unpaired) electrons. The van der Waals surface area contributed by atoms with Crippen molar-refractivity contribution >= 4 is 40.9 Å². The Labute approximate surface area is 404 Å². The number of hydrogen-bond acceptors (Lipinski definition) is 9. The number of Topliss-reactive ketones (excluding diaryl/α,β-unsaturated/α-hetero) is 2. The van der Waals surface area contributed by atoms with Gasteiger partial charge in [-0.05, 0) is 82.3 Å². The number of nitrogen functional groups attached to an aromatic ring is 1. The summed E-state index contributed by atoms with van der Waals surface area (Å²) in [6.45, 7) is 14.0. The Kier molecular flexibility index (Phi) is 24.8. The number of anilines is 2. The van der Waals surface area contributed by atoms with Crippen molar-refractivity contribution in [2.45, 2.75) is 138 Å². The van der Waals surface area contributed by atoms with E-state index < -0.39 is 29.9 Å². The van der Waals surface area contributed by atoms with Crippen LogP contribution in [0, 0.1) is 29.6 Å².